The van der Waals surface area contributed by atoms with E-state index in [4.69, 9.17) is 0 Å². The lowest BCUT2D eigenvalue weighted by molar-refractivity contribution is 0.589. The molecule has 1 aromatic rings. The van der Waals surface area contributed by atoms with Gasteiger partial charge in [-0.05, 0) is 31.0 Å². The Labute approximate surface area is 103 Å². The second-order valence-electron chi connectivity index (χ2n) is 4.95. The van der Waals surface area contributed by atoms with E-state index >= 15 is 0 Å². The van der Waals surface area contributed by atoms with Gasteiger partial charge in [-0.1, -0.05) is 6.07 Å². The number of hydrogen-bond acceptors (Lipinski definition) is 3. The number of benzene rings is 1. The van der Waals surface area contributed by atoms with Crippen LogP contribution in [0.5, 0.6) is 0 Å². The molecule has 2 aliphatic heterocycles. The Bertz CT molecular complexity index is 365. The summed E-state index contributed by atoms with van der Waals surface area (Å²) in [5, 5.41) is 3.40. The van der Waals surface area contributed by atoms with Gasteiger partial charge in [0.15, 0.2) is 0 Å². The Hall–Kier alpha value is -1.22. The molecule has 0 aliphatic carbocycles. The van der Waals surface area contributed by atoms with E-state index in [0.29, 0.717) is 0 Å². The summed E-state index contributed by atoms with van der Waals surface area (Å²) in [6.07, 6.45) is 2.69. The lowest BCUT2D eigenvalue weighted by Gasteiger charge is -2.30. The Morgan fingerprint density at radius 2 is 1.41 bits per heavy atom. The van der Waals surface area contributed by atoms with E-state index < -0.39 is 0 Å². The summed E-state index contributed by atoms with van der Waals surface area (Å²) in [5.41, 5.74) is 2.79. The van der Waals surface area contributed by atoms with Gasteiger partial charge in [0.2, 0.25) is 0 Å². The third-order valence-electron chi connectivity index (χ3n) is 3.78. The zero-order valence-electron chi connectivity index (χ0n) is 10.4. The van der Waals surface area contributed by atoms with Gasteiger partial charge in [-0.25, -0.2) is 0 Å². The van der Waals surface area contributed by atoms with Crippen molar-refractivity contribution in [2.75, 3.05) is 49.1 Å². The number of anilines is 2. The van der Waals surface area contributed by atoms with Crippen LogP contribution < -0.4 is 15.1 Å². The number of hydrogen-bond donors (Lipinski definition) is 1. The summed E-state index contributed by atoms with van der Waals surface area (Å²) in [7, 11) is 0. The highest BCUT2D eigenvalue weighted by Gasteiger charge is 2.15. The van der Waals surface area contributed by atoms with E-state index in [-0.39, 0.29) is 0 Å². The first-order valence-corrected chi connectivity index (χ1v) is 6.74. The lowest BCUT2D eigenvalue weighted by atomic mass is 10.2. The Morgan fingerprint density at radius 1 is 0.824 bits per heavy atom. The molecule has 0 aromatic heterocycles. The number of nitrogens with zero attached hydrogens (tertiary/aromatic N) is 2. The molecule has 3 heteroatoms. The number of piperazine rings is 1. The quantitative estimate of drug-likeness (QED) is 0.835. The standard InChI is InChI=1S/C14H21N3/c1-2-9-16(8-1)13-4-3-5-14(12-13)17-10-6-15-7-11-17/h3-5,12,15H,1-2,6-11H2. The van der Waals surface area contributed by atoms with E-state index in [2.05, 4.69) is 39.4 Å². The minimum absolute atomic E-state index is 1.11. The predicted octanol–water partition coefficient (Wildman–Crippen LogP) is 1.70. The second-order valence-corrected chi connectivity index (χ2v) is 4.95. The first-order valence-electron chi connectivity index (χ1n) is 6.74. The molecule has 0 bridgehead atoms. The molecule has 0 radical (unpaired) electrons. The number of nitrogens with one attached hydrogen (secondary N) is 1. The average Bonchev–Trinajstić information content (AvgIpc) is 2.94. The maximum atomic E-state index is 3.40. The Morgan fingerprint density at radius 3 is 2.06 bits per heavy atom. The maximum absolute atomic E-state index is 3.40. The lowest BCUT2D eigenvalue weighted by Crippen LogP contribution is -2.43. The van der Waals surface area contributed by atoms with Gasteiger partial charge in [-0.2, -0.15) is 0 Å². The van der Waals surface area contributed by atoms with Crippen LogP contribution in [0.4, 0.5) is 11.4 Å². The highest BCUT2D eigenvalue weighted by Crippen LogP contribution is 2.25. The van der Waals surface area contributed by atoms with E-state index in [9.17, 15) is 0 Å². The summed E-state index contributed by atoms with van der Waals surface area (Å²) in [6, 6.07) is 9.05. The molecule has 0 spiro atoms. The van der Waals surface area contributed by atoms with Crippen LogP contribution in [0, 0.1) is 0 Å². The van der Waals surface area contributed by atoms with Crippen molar-refractivity contribution in [1.82, 2.24) is 5.32 Å². The highest BCUT2D eigenvalue weighted by atomic mass is 15.2. The SMILES string of the molecule is c1cc(N2CCCC2)cc(N2CCNCC2)c1. The van der Waals surface area contributed by atoms with Crippen molar-refractivity contribution in [2.24, 2.45) is 0 Å². The van der Waals surface area contributed by atoms with Crippen molar-refractivity contribution >= 4 is 11.4 Å². The highest BCUT2D eigenvalue weighted by molar-refractivity contribution is 5.60. The molecule has 0 unspecified atom stereocenters. The molecule has 1 N–H and O–H groups in total. The van der Waals surface area contributed by atoms with Crippen LogP contribution in [0.25, 0.3) is 0 Å². The minimum Gasteiger partial charge on any atom is -0.371 e. The average molecular weight is 231 g/mol. The molecule has 92 valence electrons. The van der Waals surface area contributed by atoms with Gasteiger partial charge >= 0.3 is 0 Å². The summed E-state index contributed by atoms with van der Waals surface area (Å²) in [6.45, 7) is 6.92. The molecular formula is C14H21N3. The van der Waals surface area contributed by atoms with Crippen molar-refractivity contribution in [3.8, 4) is 0 Å². The van der Waals surface area contributed by atoms with Gasteiger partial charge in [-0.3, -0.25) is 0 Å². The van der Waals surface area contributed by atoms with Crippen LogP contribution in [0.3, 0.4) is 0 Å². The van der Waals surface area contributed by atoms with Crippen LogP contribution in [0.15, 0.2) is 24.3 Å². The van der Waals surface area contributed by atoms with Gasteiger partial charge in [0.05, 0.1) is 0 Å². The first-order chi connectivity index (χ1) is 8.43. The Kier molecular flexibility index (Phi) is 3.18. The maximum Gasteiger partial charge on any atom is 0.0387 e. The van der Waals surface area contributed by atoms with E-state index in [1.807, 2.05) is 0 Å². The van der Waals surface area contributed by atoms with Crippen LogP contribution in [-0.2, 0) is 0 Å². The van der Waals surface area contributed by atoms with Gasteiger partial charge in [0.1, 0.15) is 0 Å². The fourth-order valence-electron chi connectivity index (χ4n) is 2.78. The fourth-order valence-corrected chi connectivity index (χ4v) is 2.78. The van der Waals surface area contributed by atoms with Crippen molar-refractivity contribution in [2.45, 2.75) is 12.8 Å². The van der Waals surface area contributed by atoms with Crippen molar-refractivity contribution in [3.63, 3.8) is 0 Å². The first kappa shape index (κ1) is 10.9. The molecule has 0 atom stereocenters. The summed E-state index contributed by atoms with van der Waals surface area (Å²) in [4.78, 5) is 4.99. The molecule has 2 fully saturated rings. The zero-order valence-corrected chi connectivity index (χ0v) is 10.4. The third kappa shape index (κ3) is 2.39. The van der Waals surface area contributed by atoms with Crippen molar-refractivity contribution in [1.29, 1.82) is 0 Å². The van der Waals surface area contributed by atoms with Crippen LogP contribution >= 0.6 is 0 Å². The van der Waals surface area contributed by atoms with Crippen LogP contribution in [0.1, 0.15) is 12.8 Å². The van der Waals surface area contributed by atoms with Crippen molar-refractivity contribution < 1.29 is 0 Å². The minimum atomic E-state index is 1.11. The fraction of sp³-hybridized carbons (Fsp3) is 0.571. The van der Waals surface area contributed by atoms with E-state index in [1.165, 1.54) is 37.3 Å². The number of rotatable bonds is 2. The molecule has 1 aromatic carbocycles. The normalized spacial score (nSPS) is 20.9. The summed E-state index contributed by atoms with van der Waals surface area (Å²) in [5.74, 6) is 0. The molecular weight excluding hydrogens is 210 g/mol. The van der Waals surface area contributed by atoms with Gasteiger partial charge in [0, 0.05) is 50.6 Å². The largest absolute Gasteiger partial charge is 0.371 e. The van der Waals surface area contributed by atoms with Gasteiger partial charge in [-0.15, -0.1) is 0 Å². The smallest absolute Gasteiger partial charge is 0.0387 e. The molecule has 3 rings (SSSR count). The molecule has 3 nitrogen and oxygen atoms in total. The summed E-state index contributed by atoms with van der Waals surface area (Å²) < 4.78 is 0. The van der Waals surface area contributed by atoms with E-state index in [0.717, 1.165) is 26.2 Å². The van der Waals surface area contributed by atoms with E-state index in [1.54, 1.807) is 0 Å². The third-order valence-corrected chi connectivity index (χ3v) is 3.78. The monoisotopic (exact) mass is 231 g/mol. The van der Waals surface area contributed by atoms with Gasteiger partial charge in [0.25, 0.3) is 0 Å². The molecule has 0 saturated carbocycles. The zero-order chi connectivity index (χ0) is 11.5. The molecule has 17 heavy (non-hydrogen) atoms. The van der Waals surface area contributed by atoms with Gasteiger partial charge < -0.3 is 15.1 Å². The molecule has 2 heterocycles. The predicted molar refractivity (Wildman–Crippen MR) is 73.0 cm³/mol. The molecule has 2 aliphatic rings. The van der Waals surface area contributed by atoms with Crippen molar-refractivity contribution in [3.05, 3.63) is 24.3 Å². The molecule has 2 saturated heterocycles. The Balaban J connectivity index is 1.77. The topological polar surface area (TPSA) is 18.5 Å². The summed E-state index contributed by atoms with van der Waals surface area (Å²) >= 11 is 0. The van der Waals surface area contributed by atoms with Crippen LogP contribution in [-0.4, -0.2) is 39.3 Å². The van der Waals surface area contributed by atoms with Crippen LogP contribution in [0.2, 0.25) is 0 Å². The molecule has 0 amide bonds. The second kappa shape index (κ2) is 4.96.